The summed E-state index contributed by atoms with van der Waals surface area (Å²) in [6, 6.07) is 11.5. The molecule has 2 aromatic carbocycles. The first-order valence-electron chi connectivity index (χ1n) is 8.67. The van der Waals surface area contributed by atoms with Crippen LogP contribution in [0.25, 0.3) is 10.8 Å². The molecule has 6 heteroatoms. The highest BCUT2D eigenvalue weighted by atomic mass is 16.5. The Morgan fingerprint density at radius 1 is 1.00 bits per heavy atom. The Kier molecular flexibility index (Phi) is 5.61. The third-order valence-corrected chi connectivity index (χ3v) is 4.76. The van der Waals surface area contributed by atoms with Crippen LogP contribution in [0.15, 0.2) is 36.4 Å². The average Bonchev–Trinajstić information content (AvgIpc) is 2.70. The van der Waals surface area contributed by atoms with Gasteiger partial charge in [0.05, 0.1) is 20.1 Å². The van der Waals surface area contributed by atoms with E-state index in [-0.39, 0.29) is 24.4 Å². The number of likely N-dealkylation sites (tertiary alicyclic amines) is 1. The van der Waals surface area contributed by atoms with Crippen LogP contribution in [0.3, 0.4) is 0 Å². The van der Waals surface area contributed by atoms with Gasteiger partial charge in [0.25, 0.3) is 5.91 Å². The fourth-order valence-corrected chi connectivity index (χ4v) is 3.19. The molecule has 2 aromatic rings. The van der Waals surface area contributed by atoms with E-state index in [4.69, 9.17) is 14.2 Å². The van der Waals surface area contributed by atoms with Gasteiger partial charge in [0.2, 0.25) is 0 Å². The minimum absolute atomic E-state index is 0.0155. The van der Waals surface area contributed by atoms with Crippen molar-refractivity contribution >= 4 is 22.6 Å². The first kappa shape index (κ1) is 18.0. The van der Waals surface area contributed by atoms with Crippen LogP contribution in [-0.2, 0) is 14.3 Å². The van der Waals surface area contributed by atoms with Crippen LogP contribution in [0.1, 0.15) is 12.8 Å². The fraction of sp³-hybridized carbons (Fsp3) is 0.400. The van der Waals surface area contributed by atoms with E-state index in [1.807, 2.05) is 36.4 Å². The number of benzene rings is 2. The van der Waals surface area contributed by atoms with E-state index in [1.54, 1.807) is 12.0 Å². The summed E-state index contributed by atoms with van der Waals surface area (Å²) in [5.41, 5.74) is 0. The Balaban J connectivity index is 1.56. The molecule has 6 nitrogen and oxygen atoms in total. The zero-order valence-electron chi connectivity index (χ0n) is 15.1. The van der Waals surface area contributed by atoms with Crippen molar-refractivity contribution in [1.82, 2.24) is 4.90 Å². The van der Waals surface area contributed by atoms with E-state index in [0.29, 0.717) is 31.7 Å². The lowest BCUT2D eigenvalue weighted by Gasteiger charge is -2.30. The van der Waals surface area contributed by atoms with Crippen molar-refractivity contribution in [1.29, 1.82) is 0 Å². The Bertz CT molecular complexity index is 796. The molecule has 3 rings (SSSR count). The number of carbonyl (C=O) groups excluding carboxylic acids is 2. The molecule has 0 radical (unpaired) electrons. The van der Waals surface area contributed by atoms with Gasteiger partial charge in [-0.25, -0.2) is 0 Å². The summed E-state index contributed by atoms with van der Waals surface area (Å²) in [7, 11) is 3.02. The number of esters is 1. The van der Waals surface area contributed by atoms with Gasteiger partial charge in [0, 0.05) is 13.1 Å². The molecule has 0 saturated carbocycles. The number of rotatable bonds is 5. The molecule has 138 valence electrons. The second kappa shape index (κ2) is 8.08. The molecule has 26 heavy (non-hydrogen) atoms. The number of fused-ring (bicyclic) bond motifs is 1. The van der Waals surface area contributed by atoms with Crippen LogP contribution in [0.5, 0.6) is 11.5 Å². The second-order valence-corrected chi connectivity index (χ2v) is 6.34. The van der Waals surface area contributed by atoms with E-state index >= 15 is 0 Å². The molecule has 1 heterocycles. The molecule has 0 unspecified atom stereocenters. The van der Waals surface area contributed by atoms with Crippen LogP contribution in [0.2, 0.25) is 0 Å². The first-order chi connectivity index (χ1) is 12.6. The number of ether oxygens (including phenoxy) is 3. The predicted octanol–water partition coefficient (Wildman–Crippen LogP) is 2.64. The largest absolute Gasteiger partial charge is 0.497 e. The highest BCUT2D eigenvalue weighted by Crippen LogP contribution is 2.25. The molecular weight excluding hydrogens is 334 g/mol. The van der Waals surface area contributed by atoms with Crippen molar-refractivity contribution in [2.24, 2.45) is 5.92 Å². The van der Waals surface area contributed by atoms with E-state index in [2.05, 4.69) is 0 Å². The van der Waals surface area contributed by atoms with Crippen molar-refractivity contribution in [3.05, 3.63) is 36.4 Å². The molecule has 1 saturated heterocycles. The Morgan fingerprint density at radius 2 is 1.65 bits per heavy atom. The summed E-state index contributed by atoms with van der Waals surface area (Å²) in [6.07, 6.45) is 1.27. The van der Waals surface area contributed by atoms with Gasteiger partial charge < -0.3 is 19.1 Å². The molecule has 0 spiro atoms. The number of amides is 1. The molecule has 1 aliphatic rings. The third kappa shape index (κ3) is 4.07. The number of hydrogen-bond acceptors (Lipinski definition) is 5. The fourth-order valence-electron chi connectivity index (χ4n) is 3.19. The molecule has 1 aliphatic heterocycles. The van der Waals surface area contributed by atoms with Crippen molar-refractivity contribution in [2.75, 3.05) is 33.9 Å². The van der Waals surface area contributed by atoms with E-state index in [9.17, 15) is 9.59 Å². The van der Waals surface area contributed by atoms with Crippen molar-refractivity contribution in [3.8, 4) is 11.5 Å². The Morgan fingerprint density at radius 3 is 2.31 bits per heavy atom. The van der Waals surface area contributed by atoms with Gasteiger partial charge in [-0.3, -0.25) is 9.59 Å². The van der Waals surface area contributed by atoms with Gasteiger partial charge in [-0.05, 0) is 47.9 Å². The summed E-state index contributed by atoms with van der Waals surface area (Å²) in [6.45, 7) is 1.09. The van der Waals surface area contributed by atoms with Gasteiger partial charge in [-0.15, -0.1) is 0 Å². The van der Waals surface area contributed by atoms with Crippen LogP contribution < -0.4 is 9.47 Å². The first-order valence-corrected chi connectivity index (χ1v) is 8.67. The molecule has 0 N–H and O–H groups in total. The lowest BCUT2D eigenvalue weighted by Crippen LogP contribution is -2.42. The van der Waals surface area contributed by atoms with Gasteiger partial charge >= 0.3 is 5.97 Å². The van der Waals surface area contributed by atoms with E-state index in [0.717, 1.165) is 16.5 Å². The minimum atomic E-state index is -0.194. The molecule has 0 atom stereocenters. The highest BCUT2D eigenvalue weighted by Gasteiger charge is 2.27. The normalized spacial score (nSPS) is 14.9. The lowest BCUT2D eigenvalue weighted by molar-refractivity contribution is -0.149. The minimum Gasteiger partial charge on any atom is -0.497 e. The van der Waals surface area contributed by atoms with Crippen LogP contribution in [-0.4, -0.2) is 50.7 Å². The second-order valence-electron chi connectivity index (χ2n) is 6.34. The number of hydrogen-bond donors (Lipinski definition) is 0. The maximum Gasteiger partial charge on any atom is 0.308 e. The summed E-state index contributed by atoms with van der Waals surface area (Å²) < 4.78 is 15.7. The topological polar surface area (TPSA) is 65.1 Å². The van der Waals surface area contributed by atoms with Crippen LogP contribution in [0, 0.1) is 5.92 Å². The summed E-state index contributed by atoms with van der Waals surface area (Å²) in [5.74, 6) is 1.04. The van der Waals surface area contributed by atoms with Gasteiger partial charge in [-0.1, -0.05) is 12.1 Å². The molecule has 0 aromatic heterocycles. The van der Waals surface area contributed by atoms with Crippen molar-refractivity contribution in [2.45, 2.75) is 12.8 Å². The number of piperidine rings is 1. The smallest absolute Gasteiger partial charge is 0.308 e. The number of methoxy groups -OCH3 is 2. The number of nitrogens with zero attached hydrogens (tertiary/aromatic N) is 1. The molecular formula is C20H23NO5. The van der Waals surface area contributed by atoms with Crippen molar-refractivity contribution < 1.29 is 23.8 Å². The zero-order chi connectivity index (χ0) is 18.5. The molecule has 1 amide bonds. The van der Waals surface area contributed by atoms with E-state index < -0.39 is 0 Å². The van der Waals surface area contributed by atoms with E-state index in [1.165, 1.54) is 7.11 Å². The lowest BCUT2D eigenvalue weighted by atomic mass is 9.97. The quantitative estimate of drug-likeness (QED) is 0.770. The summed E-state index contributed by atoms with van der Waals surface area (Å²) in [5, 5.41) is 2.07. The maximum absolute atomic E-state index is 12.3. The maximum atomic E-state index is 12.3. The van der Waals surface area contributed by atoms with Crippen LogP contribution >= 0.6 is 0 Å². The van der Waals surface area contributed by atoms with Gasteiger partial charge in [0.1, 0.15) is 11.5 Å². The molecule has 0 bridgehead atoms. The standard InChI is InChI=1S/C20H23NO5/c1-24-17-5-3-14-4-6-18(12-16(14)11-17)26-13-19(22)21-9-7-15(8-10-21)20(23)25-2/h3-6,11-12,15H,7-10,13H2,1-2H3. The number of carbonyl (C=O) groups is 2. The predicted molar refractivity (Wildman–Crippen MR) is 97.3 cm³/mol. The average molecular weight is 357 g/mol. The summed E-state index contributed by atoms with van der Waals surface area (Å²) >= 11 is 0. The third-order valence-electron chi connectivity index (χ3n) is 4.76. The van der Waals surface area contributed by atoms with Gasteiger partial charge in [-0.2, -0.15) is 0 Å². The van der Waals surface area contributed by atoms with Gasteiger partial charge in [0.15, 0.2) is 6.61 Å². The van der Waals surface area contributed by atoms with Crippen LogP contribution in [0.4, 0.5) is 0 Å². The molecule has 0 aliphatic carbocycles. The Labute approximate surface area is 152 Å². The van der Waals surface area contributed by atoms with Crippen molar-refractivity contribution in [3.63, 3.8) is 0 Å². The monoisotopic (exact) mass is 357 g/mol. The highest BCUT2D eigenvalue weighted by molar-refractivity contribution is 5.85. The Hall–Kier alpha value is -2.76. The summed E-state index contributed by atoms with van der Waals surface area (Å²) in [4.78, 5) is 25.6. The zero-order valence-corrected chi connectivity index (χ0v) is 15.1. The molecule has 1 fully saturated rings. The SMILES string of the molecule is COC(=O)C1CCN(C(=O)COc2ccc3ccc(OC)cc3c2)CC1.